The average molecular weight is 457 g/mol. The van der Waals surface area contributed by atoms with Crippen LogP contribution in [-0.2, 0) is 14.8 Å². The topological polar surface area (TPSA) is 89.7 Å². The summed E-state index contributed by atoms with van der Waals surface area (Å²) >= 11 is 12.0. The van der Waals surface area contributed by atoms with Gasteiger partial charge in [-0.3, -0.25) is 4.79 Å². The first-order chi connectivity index (χ1) is 13.7. The summed E-state index contributed by atoms with van der Waals surface area (Å²) in [6, 6.07) is 13.5. The number of rotatable bonds is 7. The zero-order valence-corrected chi connectivity index (χ0v) is 18.0. The first kappa shape index (κ1) is 21.9. The molecule has 1 saturated heterocycles. The van der Waals surface area contributed by atoms with Crippen molar-refractivity contribution >= 4 is 39.1 Å². The molecule has 1 atom stereocenters. The lowest BCUT2D eigenvalue weighted by Crippen LogP contribution is -2.50. The van der Waals surface area contributed by atoms with Gasteiger partial charge in [0, 0.05) is 29.9 Å². The molecule has 0 saturated carbocycles. The number of carbonyl (C=O) groups is 1. The fraction of sp³-hybridized carbons (Fsp3) is 0.350. The number of nitrogens with two attached hydrogens (primary N) is 1. The van der Waals surface area contributed by atoms with E-state index in [0.717, 1.165) is 0 Å². The molecule has 2 aromatic carbocycles. The number of piperidine rings is 1. The number of ether oxygens (including phenoxy) is 1. The van der Waals surface area contributed by atoms with Gasteiger partial charge >= 0.3 is 0 Å². The minimum absolute atomic E-state index is 0.0116. The number of halogens is 2. The average Bonchev–Trinajstić information content (AvgIpc) is 2.67. The van der Waals surface area contributed by atoms with Crippen molar-refractivity contribution in [1.82, 2.24) is 4.31 Å². The molecule has 9 heteroatoms. The lowest BCUT2D eigenvalue weighted by Gasteiger charge is -2.41. The maximum atomic E-state index is 13.2. The molecule has 156 valence electrons. The van der Waals surface area contributed by atoms with Crippen molar-refractivity contribution in [3.63, 3.8) is 0 Å². The molecular formula is C20H22Cl2N2O4S. The van der Waals surface area contributed by atoms with Gasteiger partial charge in [0.15, 0.2) is 0 Å². The van der Waals surface area contributed by atoms with Crippen molar-refractivity contribution in [2.24, 2.45) is 11.1 Å². The van der Waals surface area contributed by atoms with Crippen LogP contribution in [0, 0.1) is 5.41 Å². The summed E-state index contributed by atoms with van der Waals surface area (Å²) in [6.45, 7) is 0.623. The summed E-state index contributed by atoms with van der Waals surface area (Å²) < 4.78 is 33.7. The Morgan fingerprint density at radius 2 is 1.90 bits per heavy atom. The van der Waals surface area contributed by atoms with Gasteiger partial charge in [-0.25, -0.2) is 8.42 Å². The van der Waals surface area contributed by atoms with Crippen LogP contribution in [0.3, 0.4) is 0 Å². The highest BCUT2D eigenvalue weighted by molar-refractivity contribution is 7.89. The Balaban J connectivity index is 1.86. The van der Waals surface area contributed by atoms with E-state index < -0.39 is 21.3 Å². The zero-order valence-electron chi connectivity index (χ0n) is 15.7. The van der Waals surface area contributed by atoms with E-state index in [-0.39, 0.29) is 29.5 Å². The van der Waals surface area contributed by atoms with Crippen LogP contribution >= 0.6 is 23.2 Å². The van der Waals surface area contributed by atoms with Crippen molar-refractivity contribution in [2.75, 3.05) is 19.7 Å². The molecule has 29 heavy (non-hydrogen) atoms. The highest BCUT2D eigenvalue weighted by Crippen LogP contribution is 2.38. The molecule has 6 nitrogen and oxygen atoms in total. The van der Waals surface area contributed by atoms with E-state index in [9.17, 15) is 13.2 Å². The third kappa shape index (κ3) is 5.22. The van der Waals surface area contributed by atoms with Crippen LogP contribution in [0.5, 0.6) is 5.75 Å². The first-order valence-corrected chi connectivity index (χ1v) is 11.3. The molecule has 3 rings (SSSR count). The van der Waals surface area contributed by atoms with Crippen LogP contribution < -0.4 is 10.5 Å². The van der Waals surface area contributed by atoms with Crippen LogP contribution in [0.15, 0.2) is 53.4 Å². The number of benzene rings is 2. The lowest BCUT2D eigenvalue weighted by molar-refractivity contribution is -0.121. The lowest BCUT2D eigenvalue weighted by atomic mass is 9.78. The number of nitrogens with zero attached hydrogens (tertiary/aromatic N) is 1. The molecule has 0 spiro atoms. The molecule has 1 aliphatic heterocycles. The molecule has 0 aromatic heterocycles. The van der Waals surface area contributed by atoms with Crippen LogP contribution in [0.1, 0.15) is 19.3 Å². The minimum Gasteiger partial charge on any atom is -0.493 e. The standard InChI is InChI=1S/C20H22Cl2N2O4S/c21-15-7-8-18(17(22)11-15)29(26,27)24-10-4-9-20(13-24,12-19(23)25)14-28-16-5-2-1-3-6-16/h1-3,5-8,11H,4,9-10,12-14H2,(H2,23,25)/t20-/m1/s1. The van der Waals surface area contributed by atoms with E-state index in [2.05, 4.69) is 0 Å². The normalized spacial score (nSPS) is 20.3. The van der Waals surface area contributed by atoms with Gasteiger partial charge < -0.3 is 10.5 Å². The van der Waals surface area contributed by atoms with Gasteiger partial charge in [-0.1, -0.05) is 41.4 Å². The monoisotopic (exact) mass is 456 g/mol. The number of carbonyl (C=O) groups excluding carboxylic acids is 1. The Labute approximate surface area is 180 Å². The minimum atomic E-state index is -3.86. The Bertz CT molecular complexity index is 985. The fourth-order valence-corrected chi connectivity index (χ4v) is 5.96. The molecule has 1 fully saturated rings. The summed E-state index contributed by atoms with van der Waals surface area (Å²) in [4.78, 5) is 11.8. The number of para-hydroxylation sites is 1. The molecular weight excluding hydrogens is 435 g/mol. The summed E-state index contributed by atoms with van der Waals surface area (Å²) in [6.07, 6.45) is 1.24. The Morgan fingerprint density at radius 1 is 1.17 bits per heavy atom. The predicted molar refractivity (Wildman–Crippen MR) is 113 cm³/mol. The zero-order chi connectivity index (χ0) is 21.1. The van der Waals surface area contributed by atoms with Gasteiger partial charge in [0.2, 0.25) is 15.9 Å². The quantitative estimate of drug-likeness (QED) is 0.687. The van der Waals surface area contributed by atoms with Gasteiger partial charge in [-0.05, 0) is 43.2 Å². The number of amides is 1. The van der Waals surface area contributed by atoms with Gasteiger partial charge in [-0.15, -0.1) is 0 Å². The highest BCUT2D eigenvalue weighted by atomic mass is 35.5. The van der Waals surface area contributed by atoms with Crippen molar-refractivity contribution < 1.29 is 17.9 Å². The molecule has 1 amide bonds. The van der Waals surface area contributed by atoms with E-state index in [1.807, 2.05) is 30.3 Å². The molecule has 0 unspecified atom stereocenters. The van der Waals surface area contributed by atoms with E-state index in [1.165, 1.54) is 22.5 Å². The third-order valence-electron chi connectivity index (χ3n) is 4.98. The Hall–Kier alpha value is -1.80. The van der Waals surface area contributed by atoms with Gasteiger partial charge in [0.1, 0.15) is 10.6 Å². The Morgan fingerprint density at radius 3 is 2.55 bits per heavy atom. The SMILES string of the molecule is NC(=O)C[C@]1(COc2ccccc2)CCCN(S(=O)(=O)c2ccc(Cl)cc2Cl)C1. The first-order valence-electron chi connectivity index (χ1n) is 9.13. The number of hydrogen-bond donors (Lipinski definition) is 1. The second-order valence-electron chi connectivity index (χ2n) is 7.26. The number of primary amides is 1. The fourth-order valence-electron chi connectivity index (χ4n) is 3.63. The van der Waals surface area contributed by atoms with E-state index in [1.54, 1.807) is 0 Å². The summed E-state index contributed by atoms with van der Waals surface area (Å²) in [5.41, 5.74) is 4.77. The predicted octanol–water partition coefficient (Wildman–Crippen LogP) is 3.72. The maximum Gasteiger partial charge on any atom is 0.244 e. The molecule has 2 N–H and O–H groups in total. The highest BCUT2D eigenvalue weighted by Gasteiger charge is 2.42. The van der Waals surface area contributed by atoms with Gasteiger partial charge in [-0.2, -0.15) is 4.31 Å². The van der Waals surface area contributed by atoms with Crippen molar-refractivity contribution in [1.29, 1.82) is 0 Å². The Kier molecular flexibility index (Phi) is 6.73. The summed E-state index contributed by atoms with van der Waals surface area (Å²) in [5, 5.41) is 0.413. The summed E-state index contributed by atoms with van der Waals surface area (Å²) in [5.74, 6) is 0.155. The molecule has 2 aromatic rings. The van der Waals surface area contributed by atoms with E-state index >= 15 is 0 Å². The summed E-state index contributed by atoms with van der Waals surface area (Å²) in [7, 11) is -3.86. The van der Waals surface area contributed by atoms with Crippen molar-refractivity contribution in [3.8, 4) is 5.75 Å². The van der Waals surface area contributed by atoms with Crippen LogP contribution in [0.4, 0.5) is 0 Å². The van der Waals surface area contributed by atoms with Gasteiger partial charge in [0.25, 0.3) is 0 Å². The largest absolute Gasteiger partial charge is 0.493 e. The second kappa shape index (κ2) is 8.92. The third-order valence-corrected chi connectivity index (χ3v) is 7.54. The van der Waals surface area contributed by atoms with E-state index in [4.69, 9.17) is 33.7 Å². The molecule has 1 aliphatic rings. The van der Waals surface area contributed by atoms with Crippen LogP contribution in [0.25, 0.3) is 0 Å². The van der Waals surface area contributed by atoms with Gasteiger partial charge in [0.05, 0.1) is 11.6 Å². The molecule has 0 aliphatic carbocycles. The van der Waals surface area contributed by atoms with Crippen LogP contribution in [0.2, 0.25) is 10.0 Å². The van der Waals surface area contributed by atoms with Crippen LogP contribution in [-0.4, -0.2) is 38.3 Å². The smallest absolute Gasteiger partial charge is 0.244 e. The molecule has 1 heterocycles. The van der Waals surface area contributed by atoms with E-state index in [0.29, 0.717) is 30.2 Å². The maximum absolute atomic E-state index is 13.2. The molecule has 0 bridgehead atoms. The second-order valence-corrected chi connectivity index (χ2v) is 10.0. The van der Waals surface area contributed by atoms with Crippen molar-refractivity contribution in [3.05, 3.63) is 58.6 Å². The van der Waals surface area contributed by atoms with Crippen molar-refractivity contribution in [2.45, 2.75) is 24.2 Å². The number of hydrogen-bond acceptors (Lipinski definition) is 4. The number of sulfonamides is 1. The molecule has 0 radical (unpaired) electrons.